The largest absolute Gasteiger partial charge is 0.494 e. The Morgan fingerprint density at radius 2 is 1.79 bits per heavy atom. The van der Waals surface area contributed by atoms with E-state index in [9.17, 15) is 9.59 Å². The monoisotopic (exact) mass is 447 g/mol. The number of ether oxygens (including phenoxy) is 2. The van der Waals surface area contributed by atoms with Gasteiger partial charge in [-0.1, -0.05) is 19.1 Å². The third kappa shape index (κ3) is 5.68. The number of carbonyl (C=O) groups is 2. The summed E-state index contributed by atoms with van der Waals surface area (Å²) in [6, 6.07) is 16.2. The van der Waals surface area contributed by atoms with Gasteiger partial charge < -0.3 is 14.0 Å². The highest BCUT2D eigenvalue weighted by atomic mass is 16.5. The molecule has 0 atom stereocenters. The van der Waals surface area contributed by atoms with Gasteiger partial charge in [-0.2, -0.15) is 5.10 Å². The number of hydrogen-bond donors (Lipinski definition) is 1. The minimum Gasteiger partial charge on any atom is -0.494 e. The molecule has 0 fully saturated rings. The Labute approximate surface area is 194 Å². The molecule has 172 valence electrons. The van der Waals surface area contributed by atoms with Gasteiger partial charge in [-0.3, -0.25) is 4.79 Å². The molecule has 0 saturated carbocycles. The van der Waals surface area contributed by atoms with Crippen LogP contribution < -0.4 is 10.2 Å². The van der Waals surface area contributed by atoms with Crippen LogP contribution in [0.5, 0.6) is 5.75 Å². The standard InChI is InChI=1S/C26H29N3O4/c1-5-15-33-22-13-11-20(12-14-22)25(30)28-27-17-21-16-18(3)29(19(21)4)24-10-8-7-9-23(24)26(31)32-6-2/h7-14,16-17H,5-6,15H2,1-4H3,(H,28,30)/b27-17+. The molecular weight excluding hydrogens is 418 g/mol. The summed E-state index contributed by atoms with van der Waals surface area (Å²) >= 11 is 0. The van der Waals surface area contributed by atoms with Gasteiger partial charge in [-0.15, -0.1) is 0 Å². The molecule has 1 amide bonds. The number of amides is 1. The molecule has 2 aromatic carbocycles. The average Bonchev–Trinajstić information content (AvgIpc) is 3.10. The van der Waals surface area contributed by atoms with Crippen LogP contribution in [0.4, 0.5) is 0 Å². The molecule has 0 aliphatic rings. The van der Waals surface area contributed by atoms with E-state index in [1.807, 2.05) is 49.6 Å². The summed E-state index contributed by atoms with van der Waals surface area (Å²) in [5, 5.41) is 4.13. The smallest absolute Gasteiger partial charge is 0.340 e. The Hall–Kier alpha value is -3.87. The van der Waals surface area contributed by atoms with Gasteiger partial charge in [0, 0.05) is 22.5 Å². The summed E-state index contributed by atoms with van der Waals surface area (Å²) in [5.41, 5.74) is 6.92. The number of benzene rings is 2. The molecule has 1 N–H and O–H groups in total. The molecule has 33 heavy (non-hydrogen) atoms. The quantitative estimate of drug-likeness (QED) is 0.290. The highest BCUT2D eigenvalue weighted by Gasteiger charge is 2.17. The van der Waals surface area contributed by atoms with Gasteiger partial charge in [0.25, 0.3) is 5.91 Å². The zero-order chi connectivity index (χ0) is 23.8. The van der Waals surface area contributed by atoms with Crippen LogP contribution in [0.2, 0.25) is 0 Å². The third-order valence-corrected chi connectivity index (χ3v) is 5.07. The van der Waals surface area contributed by atoms with E-state index in [1.54, 1.807) is 43.5 Å². The first-order chi connectivity index (χ1) is 16.0. The zero-order valence-electron chi connectivity index (χ0n) is 19.4. The Morgan fingerprint density at radius 1 is 1.06 bits per heavy atom. The summed E-state index contributed by atoms with van der Waals surface area (Å²) in [7, 11) is 0. The van der Waals surface area contributed by atoms with Crippen LogP contribution in [0.15, 0.2) is 59.7 Å². The van der Waals surface area contributed by atoms with Crippen LogP contribution >= 0.6 is 0 Å². The molecule has 1 aromatic heterocycles. The Bertz CT molecular complexity index is 1150. The molecule has 1 heterocycles. The summed E-state index contributed by atoms with van der Waals surface area (Å²) in [6.07, 6.45) is 2.52. The van der Waals surface area contributed by atoms with E-state index < -0.39 is 0 Å². The Morgan fingerprint density at radius 3 is 2.48 bits per heavy atom. The zero-order valence-corrected chi connectivity index (χ0v) is 19.4. The third-order valence-electron chi connectivity index (χ3n) is 5.07. The number of nitrogens with zero attached hydrogens (tertiary/aromatic N) is 2. The number of carbonyl (C=O) groups excluding carboxylic acids is 2. The van der Waals surface area contributed by atoms with Crippen molar-refractivity contribution in [2.45, 2.75) is 34.1 Å². The number of aryl methyl sites for hydroxylation is 1. The van der Waals surface area contributed by atoms with Crippen molar-refractivity contribution >= 4 is 18.1 Å². The van der Waals surface area contributed by atoms with Crippen molar-refractivity contribution < 1.29 is 19.1 Å². The summed E-state index contributed by atoms with van der Waals surface area (Å²) in [4.78, 5) is 24.8. The van der Waals surface area contributed by atoms with E-state index in [1.165, 1.54) is 0 Å². The van der Waals surface area contributed by atoms with E-state index in [0.29, 0.717) is 24.3 Å². The average molecular weight is 448 g/mol. The minimum atomic E-state index is -0.366. The van der Waals surface area contributed by atoms with Crippen LogP contribution in [-0.2, 0) is 4.74 Å². The normalized spacial score (nSPS) is 10.9. The molecule has 0 bridgehead atoms. The number of hydrogen-bond acceptors (Lipinski definition) is 5. The second-order valence-corrected chi connectivity index (χ2v) is 7.47. The molecular formula is C26H29N3O4. The highest BCUT2D eigenvalue weighted by Crippen LogP contribution is 2.23. The SMILES string of the molecule is CCCOc1ccc(C(=O)N/N=C/c2cc(C)n(-c3ccccc3C(=O)OCC)c2C)cc1. The van der Waals surface area contributed by atoms with Crippen molar-refractivity contribution in [3.05, 3.63) is 82.7 Å². The van der Waals surface area contributed by atoms with Crippen molar-refractivity contribution in [2.24, 2.45) is 5.10 Å². The molecule has 0 saturated heterocycles. The van der Waals surface area contributed by atoms with Gasteiger partial charge in [0.05, 0.1) is 30.7 Å². The van der Waals surface area contributed by atoms with Crippen molar-refractivity contribution in [3.8, 4) is 11.4 Å². The second-order valence-electron chi connectivity index (χ2n) is 7.47. The first kappa shape index (κ1) is 23.8. The lowest BCUT2D eigenvalue weighted by Gasteiger charge is -2.14. The van der Waals surface area contributed by atoms with E-state index in [2.05, 4.69) is 10.5 Å². The van der Waals surface area contributed by atoms with Crippen LogP contribution in [0.3, 0.4) is 0 Å². The lowest BCUT2D eigenvalue weighted by atomic mass is 10.1. The van der Waals surface area contributed by atoms with Crippen molar-refractivity contribution in [1.29, 1.82) is 0 Å². The van der Waals surface area contributed by atoms with E-state index in [-0.39, 0.29) is 11.9 Å². The second kappa shape index (κ2) is 11.1. The molecule has 0 aliphatic carbocycles. The molecule has 0 unspecified atom stereocenters. The predicted octanol–water partition coefficient (Wildman–Crippen LogP) is 4.82. The maximum absolute atomic E-state index is 12.4. The van der Waals surface area contributed by atoms with Crippen LogP contribution in [0.1, 0.15) is 57.9 Å². The highest BCUT2D eigenvalue weighted by molar-refractivity contribution is 5.95. The number of aromatic nitrogens is 1. The van der Waals surface area contributed by atoms with Crippen molar-refractivity contribution in [2.75, 3.05) is 13.2 Å². The van der Waals surface area contributed by atoms with Crippen LogP contribution in [0, 0.1) is 13.8 Å². The Kier molecular flexibility index (Phi) is 8.02. The fraction of sp³-hybridized carbons (Fsp3) is 0.269. The fourth-order valence-corrected chi connectivity index (χ4v) is 3.49. The van der Waals surface area contributed by atoms with Crippen LogP contribution in [0.25, 0.3) is 5.69 Å². The summed E-state index contributed by atoms with van der Waals surface area (Å²) in [5.74, 6) is 0.0522. The summed E-state index contributed by atoms with van der Waals surface area (Å²) in [6.45, 7) is 8.65. The van der Waals surface area contributed by atoms with E-state index >= 15 is 0 Å². The Balaban J connectivity index is 1.76. The molecule has 0 radical (unpaired) electrons. The van der Waals surface area contributed by atoms with Gasteiger partial charge in [0.1, 0.15) is 5.75 Å². The van der Waals surface area contributed by atoms with Gasteiger partial charge in [-0.25, -0.2) is 10.2 Å². The minimum absolute atomic E-state index is 0.308. The topological polar surface area (TPSA) is 81.9 Å². The molecule has 3 aromatic rings. The molecule has 0 aliphatic heterocycles. The number of hydrazone groups is 1. The molecule has 7 heteroatoms. The van der Waals surface area contributed by atoms with E-state index in [4.69, 9.17) is 9.47 Å². The maximum atomic E-state index is 12.4. The molecule has 0 spiro atoms. The number of esters is 1. The van der Waals surface area contributed by atoms with Gasteiger partial charge >= 0.3 is 5.97 Å². The van der Waals surface area contributed by atoms with Gasteiger partial charge in [-0.05, 0) is 69.7 Å². The van der Waals surface area contributed by atoms with Crippen molar-refractivity contribution in [3.63, 3.8) is 0 Å². The summed E-state index contributed by atoms with van der Waals surface area (Å²) < 4.78 is 12.7. The van der Waals surface area contributed by atoms with Crippen LogP contribution in [-0.4, -0.2) is 35.9 Å². The number of rotatable bonds is 9. The lowest BCUT2D eigenvalue weighted by molar-refractivity contribution is 0.0526. The first-order valence-electron chi connectivity index (χ1n) is 11.0. The molecule has 3 rings (SSSR count). The predicted molar refractivity (Wildman–Crippen MR) is 128 cm³/mol. The molecule has 7 nitrogen and oxygen atoms in total. The first-order valence-corrected chi connectivity index (χ1v) is 11.0. The van der Waals surface area contributed by atoms with Gasteiger partial charge in [0.15, 0.2) is 0 Å². The fourth-order valence-electron chi connectivity index (χ4n) is 3.49. The van der Waals surface area contributed by atoms with E-state index in [0.717, 1.165) is 34.8 Å². The lowest BCUT2D eigenvalue weighted by Crippen LogP contribution is -2.17. The number of nitrogens with one attached hydrogen (secondary N) is 1. The maximum Gasteiger partial charge on any atom is 0.340 e. The van der Waals surface area contributed by atoms with Crippen molar-refractivity contribution in [1.82, 2.24) is 9.99 Å². The van der Waals surface area contributed by atoms with Gasteiger partial charge in [0.2, 0.25) is 0 Å². The number of para-hydroxylation sites is 1.